The second-order valence-corrected chi connectivity index (χ2v) is 8.66. The molecule has 1 amide bonds. The van der Waals surface area contributed by atoms with Gasteiger partial charge in [-0.3, -0.25) is 4.79 Å². The first kappa shape index (κ1) is 17.1. The summed E-state index contributed by atoms with van der Waals surface area (Å²) in [5.74, 6) is 0.269. The smallest absolute Gasteiger partial charge is 0.243 e. The van der Waals surface area contributed by atoms with Crippen LogP contribution in [0.1, 0.15) is 31.2 Å². The minimum absolute atomic E-state index is 0.180. The van der Waals surface area contributed by atoms with E-state index in [4.69, 9.17) is 0 Å². The topological polar surface area (TPSA) is 66.5 Å². The van der Waals surface area contributed by atoms with E-state index in [9.17, 15) is 13.2 Å². The monoisotopic (exact) mass is 364 g/mol. The summed E-state index contributed by atoms with van der Waals surface area (Å²) in [5, 5.41) is 6.85. The van der Waals surface area contributed by atoms with E-state index in [1.807, 2.05) is 0 Å². The highest BCUT2D eigenvalue weighted by atomic mass is 32.2. The number of carbonyl (C=O) groups excluding carboxylic acids is 1. The lowest BCUT2D eigenvalue weighted by atomic mass is 9.92. The fourth-order valence-corrected chi connectivity index (χ4v) is 5.21. The molecular weight excluding hydrogens is 344 g/mol. The first-order chi connectivity index (χ1) is 11.5. The molecule has 0 radical (unpaired) electrons. The van der Waals surface area contributed by atoms with E-state index in [1.54, 1.807) is 39.9 Å². The minimum Gasteiger partial charge on any atom is -0.326 e. The summed E-state index contributed by atoms with van der Waals surface area (Å²) in [4.78, 5) is 11.3. The van der Waals surface area contributed by atoms with Crippen LogP contribution in [0.2, 0.25) is 0 Å². The number of thiophene rings is 1. The van der Waals surface area contributed by atoms with Crippen molar-refractivity contribution in [2.45, 2.75) is 30.6 Å². The maximum Gasteiger partial charge on any atom is 0.243 e. The fraction of sp³-hybridized carbons (Fsp3) is 0.353. The second kappa shape index (κ2) is 7.04. The summed E-state index contributed by atoms with van der Waals surface area (Å²) < 4.78 is 27.1. The number of anilines is 1. The van der Waals surface area contributed by atoms with Crippen molar-refractivity contribution < 1.29 is 13.2 Å². The molecular formula is C17H20N2O3S2. The van der Waals surface area contributed by atoms with Gasteiger partial charge in [-0.25, -0.2) is 8.42 Å². The number of hydrogen-bond donors (Lipinski definition) is 1. The van der Waals surface area contributed by atoms with Gasteiger partial charge in [0.15, 0.2) is 0 Å². The molecule has 0 atom stereocenters. The Morgan fingerprint density at radius 3 is 2.38 bits per heavy atom. The normalized spacial score (nSPS) is 16.9. The zero-order valence-corrected chi connectivity index (χ0v) is 15.1. The largest absolute Gasteiger partial charge is 0.326 e. The van der Waals surface area contributed by atoms with Gasteiger partial charge >= 0.3 is 0 Å². The third-order valence-corrected chi connectivity index (χ3v) is 6.90. The summed E-state index contributed by atoms with van der Waals surface area (Å²) in [5.41, 5.74) is 1.91. The molecule has 1 N–H and O–H groups in total. The van der Waals surface area contributed by atoms with Crippen LogP contribution in [0.25, 0.3) is 0 Å². The SMILES string of the molecule is CC(=O)Nc1ccc(S(=O)(=O)N2CCC(c3ccsc3)CC2)cc1. The summed E-state index contributed by atoms with van der Waals surface area (Å²) in [7, 11) is -3.48. The number of piperidine rings is 1. The maximum absolute atomic E-state index is 12.8. The number of nitrogens with one attached hydrogen (secondary N) is 1. The number of amides is 1. The van der Waals surface area contributed by atoms with Crippen molar-refractivity contribution in [1.82, 2.24) is 4.31 Å². The zero-order valence-electron chi connectivity index (χ0n) is 13.4. The number of carbonyl (C=O) groups is 1. The van der Waals surface area contributed by atoms with Gasteiger partial charge in [-0.1, -0.05) is 0 Å². The van der Waals surface area contributed by atoms with Crippen LogP contribution in [0.5, 0.6) is 0 Å². The predicted octanol–water partition coefficient (Wildman–Crippen LogP) is 3.27. The van der Waals surface area contributed by atoms with Gasteiger partial charge in [0, 0.05) is 25.7 Å². The minimum atomic E-state index is -3.48. The fourth-order valence-electron chi connectivity index (χ4n) is 3.00. The van der Waals surface area contributed by atoms with Crippen LogP contribution >= 0.6 is 11.3 Å². The Bertz CT molecular complexity index is 791. The molecule has 0 bridgehead atoms. The van der Waals surface area contributed by atoms with E-state index in [0.29, 0.717) is 24.7 Å². The molecule has 1 aliphatic heterocycles. The molecule has 0 unspecified atom stereocenters. The van der Waals surface area contributed by atoms with Crippen LogP contribution in [0, 0.1) is 0 Å². The first-order valence-electron chi connectivity index (χ1n) is 7.87. The number of hydrogen-bond acceptors (Lipinski definition) is 4. The molecule has 5 nitrogen and oxygen atoms in total. The molecule has 128 valence electrons. The molecule has 1 saturated heterocycles. The Hall–Kier alpha value is -1.70. The molecule has 0 saturated carbocycles. The first-order valence-corrected chi connectivity index (χ1v) is 10.2. The van der Waals surface area contributed by atoms with E-state index in [-0.39, 0.29) is 10.8 Å². The average molecular weight is 364 g/mol. The Kier molecular flexibility index (Phi) is 5.03. The van der Waals surface area contributed by atoms with Gasteiger partial charge in [0.1, 0.15) is 0 Å². The van der Waals surface area contributed by atoms with Gasteiger partial charge in [-0.05, 0) is 65.4 Å². The number of nitrogens with zero attached hydrogens (tertiary/aromatic N) is 1. The summed E-state index contributed by atoms with van der Waals surface area (Å²) >= 11 is 1.68. The molecule has 3 rings (SSSR count). The molecule has 0 spiro atoms. The van der Waals surface area contributed by atoms with Crippen LogP contribution in [-0.2, 0) is 14.8 Å². The van der Waals surface area contributed by atoms with Crippen LogP contribution in [0.4, 0.5) is 5.69 Å². The van der Waals surface area contributed by atoms with Crippen molar-refractivity contribution in [3.8, 4) is 0 Å². The third kappa shape index (κ3) is 3.68. The standard InChI is InChI=1S/C17H20N2O3S2/c1-13(20)18-16-2-4-17(5-3-16)24(21,22)19-9-6-14(7-10-19)15-8-11-23-12-15/h2-5,8,11-12,14H,6-7,9-10H2,1H3,(H,18,20). The van der Waals surface area contributed by atoms with Gasteiger partial charge in [0.25, 0.3) is 0 Å². The van der Waals surface area contributed by atoms with E-state index in [2.05, 4.69) is 22.1 Å². The molecule has 1 aromatic heterocycles. The highest BCUT2D eigenvalue weighted by Crippen LogP contribution is 2.31. The van der Waals surface area contributed by atoms with Crippen molar-refractivity contribution >= 4 is 33.0 Å². The zero-order chi connectivity index (χ0) is 17.2. The van der Waals surface area contributed by atoms with Crippen molar-refractivity contribution in [3.05, 3.63) is 46.7 Å². The van der Waals surface area contributed by atoms with E-state index >= 15 is 0 Å². The van der Waals surface area contributed by atoms with Crippen molar-refractivity contribution in [3.63, 3.8) is 0 Å². The van der Waals surface area contributed by atoms with Crippen LogP contribution < -0.4 is 5.32 Å². The molecule has 1 aromatic carbocycles. The number of benzene rings is 1. The number of sulfonamides is 1. The molecule has 1 fully saturated rings. The lowest BCUT2D eigenvalue weighted by Gasteiger charge is -2.31. The lowest BCUT2D eigenvalue weighted by Crippen LogP contribution is -2.37. The third-order valence-electron chi connectivity index (χ3n) is 4.28. The maximum atomic E-state index is 12.8. The molecule has 2 aromatic rings. The summed E-state index contributed by atoms with van der Waals surface area (Å²) in [6.07, 6.45) is 1.69. The summed E-state index contributed by atoms with van der Waals surface area (Å²) in [6.45, 7) is 2.49. The van der Waals surface area contributed by atoms with Gasteiger partial charge in [-0.15, -0.1) is 0 Å². The van der Waals surface area contributed by atoms with Crippen LogP contribution in [0.3, 0.4) is 0 Å². The van der Waals surface area contributed by atoms with E-state index in [1.165, 1.54) is 12.5 Å². The summed E-state index contributed by atoms with van der Waals surface area (Å²) in [6, 6.07) is 8.45. The highest BCUT2D eigenvalue weighted by molar-refractivity contribution is 7.89. The Morgan fingerprint density at radius 1 is 1.17 bits per heavy atom. The average Bonchev–Trinajstić information content (AvgIpc) is 3.09. The quantitative estimate of drug-likeness (QED) is 0.905. The van der Waals surface area contributed by atoms with Gasteiger partial charge < -0.3 is 5.32 Å². The van der Waals surface area contributed by atoms with Crippen molar-refractivity contribution in [1.29, 1.82) is 0 Å². The van der Waals surface area contributed by atoms with Gasteiger partial charge in [0.05, 0.1) is 4.90 Å². The Balaban J connectivity index is 1.69. The molecule has 0 aliphatic carbocycles. The van der Waals surface area contributed by atoms with Crippen LogP contribution in [-0.4, -0.2) is 31.7 Å². The number of rotatable bonds is 4. The second-order valence-electron chi connectivity index (χ2n) is 5.94. The van der Waals surface area contributed by atoms with Crippen molar-refractivity contribution in [2.75, 3.05) is 18.4 Å². The van der Waals surface area contributed by atoms with Gasteiger partial charge in [-0.2, -0.15) is 15.6 Å². The van der Waals surface area contributed by atoms with E-state index in [0.717, 1.165) is 12.8 Å². The van der Waals surface area contributed by atoms with Gasteiger partial charge in [0.2, 0.25) is 15.9 Å². The van der Waals surface area contributed by atoms with Crippen molar-refractivity contribution in [2.24, 2.45) is 0 Å². The highest BCUT2D eigenvalue weighted by Gasteiger charge is 2.29. The molecule has 1 aliphatic rings. The molecule has 24 heavy (non-hydrogen) atoms. The predicted molar refractivity (Wildman–Crippen MR) is 95.8 cm³/mol. The lowest BCUT2D eigenvalue weighted by molar-refractivity contribution is -0.114. The van der Waals surface area contributed by atoms with E-state index < -0.39 is 10.0 Å². The Labute approximate surface area is 146 Å². The molecule has 2 heterocycles. The Morgan fingerprint density at radius 2 is 1.83 bits per heavy atom. The van der Waals surface area contributed by atoms with Crippen LogP contribution in [0.15, 0.2) is 46.0 Å². The molecule has 7 heteroatoms.